The molecular formula is C15H11N5O. The number of para-hydroxylation sites is 2. The van der Waals surface area contributed by atoms with Gasteiger partial charge < -0.3 is 15.6 Å². The van der Waals surface area contributed by atoms with E-state index in [2.05, 4.69) is 25.6 Å². The van der Waals surface area contributed by atoms with Crippen LogP contribution in [0.25, 0.3) is 16.6 Å². The summed E-state index contributed by atoms with van der Waals surface area (Å²) >= 11 is 0. The van der Waals surface area contributed by atoms with Gasteiger partial charge in [-0.1, -0.05) is 12.1 Å². The molecule has 21 heavy (non-hydrogen) atoms. The number of anilines is 2. The zero-order valence-corrected chi connectivity index (χ0v) is 10.9. The van der Waals surface area contributed by atoms with Crippen molar-refractivity contribution < 1.29 is 4.79 Å². The van der Waals surface area contributed by atoms with Crippen molar-refractivity contribution in [2.45, 2.75) is 0 Å². The number of nitrogens with one attached hydrogen (secondary N) is 3. The molecule has 3 N–H and O–H groups in total. The topological polar surface area (TPSA) is 82.7 Å². The smallest absolute Gasteiger partial charge is 0.259 e. The van der Waals surface area contributed by atoms with Crippen LogP contribution in [-0.2, 0) is 4.79 Å². The van der Waals surface area contributed by atoms with Gasteiger partial charge in [-0.2, -0.15) is 0 Å². The second-order valence-electron chi connectivity index (χ2n) is 4.66. The molecule has 4 rings (SSSR count). The van der Waals surface area contributed by atoms with Crippen molar-refractivity contribution in [3.8, 4) is 0 Å². The van der Waals surface area contributed by atoms with Crippen molar-refractivity contribution in [2.24, 2.45) is 0 Å². The number of pyridine rings is 1. The predicted molar refractivity (Wildman–Crippen MR) is 80.6 cm³/mol. The van der Waals surface area contributed by atoms with Crippen LogP contribution < -0.4 is 10.6 Å². The molecule has 0 saturated heterocycles. The van der Waals surface area contributed by atoms with Crippen molar-refractivity contribution in [1.29, 1.82) is 0 Å². The van der Waals surface area contributed by atoms with Crippen LogP contribution in [0, 0.1) is 0 Å². The van der Waals surface area contributed by atoms with Gasteiger partial charge in [-0.3, -0.25) is 9.78 Å². The van der Waals surface area contributed by atoms with Crippen LogP contribution in [0.4, 0.5) is 11.6 Å². The molecule has 0 bridgehead atoms. The number of H-pyrrole nitrogens is 1. The Hall–Kier alpha value is -3.15. The lowest BCUT2D eigenvalue weighted by atomic mass is 10.2. The third-order valence-corrected chi connectivity index (χ3v) is 3.30. The lowest BCUT2D eigenvalue weighted by Gasteiger charge is -1.97. The Bertz CT molecular complexity index is 847. The predicted octanol–water partition coefficient (Wildman–Crippen LogP) is 2.36. The first-order valence-corrected chi connectivity index (χ1v) is 6.49. The second kappa shape index (κ2) is 4.45. The minimum atomic E-state index is -0.174. The highest BCUT2D eigenvalue weighted by Gasteiger charge is 2.24. The SMILES string of the molecule is O=C1Nc2cccnc2C1=CNc1nc2ccccc2[nH]1. The summed E-state index contributed by atoms with van der Waals surface area (Å²) in [6.45, 7) is 0. The number of carbonyl (C=O) groups is 1. The summed E-state index contributed by atoms with van der Waals surface area (Å²) in [6, 6.07) is 11.3. The highest BCUT2D eigenvalue weighted by Crippen LogP contribution is 2.29. The van der Waals surface area contributed by atoms with Crippen molar-refractivity contribution >= 4 is 34.1 Å². The largest absolute Gasteiger partial charge is 0.331 e. The van der Waals surface area contributed by atoms with Crippen LogP contribution in [0.1, 0.15) is 5.69 Å². The minimum Gasteiger partial charge on any atom is -0.331 e. The highest BCUT2D eigenvalue weighted by molar-refractivity contribution is 6.31. The molecule has 3 heterocycles. The summed E-state index contributed by atoms with van der Waals surface area (Å²) in [6.07, 6.45) is 3.28. The molecule has 2 aromatic heterocycles. The third kappa shape index (κ3) is 1.93. The zero-order chi connectivity index (χ0) is 14.2. The number of hydrogen-bond donors (Lipinski definition) is 3. The molecule has 6 heteroatoms. The number of aromatic amines is 1. The molecule has 0 saturated carbocycles. The quantitative estimate of drug-likeness (QED) is 0.628. The Balaban J connectivity index is 1.67. The van der Waals surface area contributed by atoms with E-state index in [0.717, 1.165) is 16.7 Å². The van der Waals surface area contributed by atoms with Crippen LogP contribution >= 0.6 is 0 Å². The van der Waals surface area contributed by atoms with E-state index in [4.69, 9.17) is 0 Å². The maximum Gasteiger partial charge on any atom is 0.259 e. The number of nitrogens with zero attached hydrogens (tertiary/aromatic N) is 2. The Labute approximate surface area is 119 Å². The average Bonchev–Trinajstić information content (AvgIpc) is 3.04. The normalized spacial score (nSPS) is 15.2. The number of imidazole rings is 1. The Kier molecular flexibility index (Phi) is 2.47. The van der Waals surface area contributed by atoms with E-state index in [1.54, 1.807) is 18.5 Å². The maximum atomic E-state index is 11.9. The van der Waals surface area contributed by atoms with E-state index in [-0.39, 0.29) is 5.91 Å². The number of aromatic nitrogens is 3. The molecule has 3 aromatic rings. The van der Waals surface area contributed by atoms with E-state index in [0.29, 0.717) is 17.2 Å². The number of amides is 1. The molecule has 0 spiro atoms. The van der Waals surface area contributed by atoms with Gasteiger partial charge >= 0.3 is 0 Å². The molecule has 102 valence electrons. The zero-order valence-electron chi connectivity index (χ0n) is 10.9. The fourth-order valence-corrected chi connectivity index (χ4v) is 2.31. The van der Waals surface area contributed by atoms with Gasteiger partial charge in [-0.25, -0.2) is 4.98 Å². The van der Waals surface area contributed by atoms with E-state index in [1.165, 1.54) is 0 Å². The first-order chi connectivity index (χ1) is 10.3. The number of fused-ring (bicyclic) bond motifs is 2. The number of benzene rings is 1. The van der Waals surface area contributed by atoms with Gasteiger partial charge in [-0.05, 0) is 24.3 Å². The van der Waals surface area contributed by atoms with E-state index in [9.17, 15) is 4.79 Å². The third-order valence-electron chi connectivity index (χ3n) is 3.30. The minimum absolute atomic E-state index is 0.174. The van der Waals surface area contributed by atoms with Gasteiger partial charge in [0.25, 0.3) is 5.91 Å². The molecule has 1 aliphatic heterocycles. The summed E-state index contributed by atoms with van der Waals surface area (Å²) in [7, 11) is 0. The molecular weight excluding hydrogens is 266 g/mol. The molecule has 1 aliphatic rings. The van der Waals surface area contributed by atoms with Crippen LogP contribution in [0.15, 0.2) is 48.8 Å². The van der Waals surface area contributed by atoms with E-state index < -0.39 is 0 Å². The molecule has 1 aromatic carbocycles. The first-order valence-electron chi connectivity index (χ1n) is 6.49. The number of hydrogen-bond acceptors (Lipinski definition) is 4. The van der Waals surface area contributed by atoms with Gasteiger partial charge in [0.1, 0.15) is 5.69 Å². The van der Waals surface area contributed by atoms with Crippen molar-refractivity contribution in [3.05, 3.63) is 54.5 Å². The molecule has 0 fully saturated rings. The van der Waals surface area contributed by atoms with Gasteiger partial charge in [0.2, 0.25) is 5.95 Å². The molecule has 1 amide bonds. The van der Waals surface area contributed by atoms with Crippen LogP contribution in [0.2, 0.25) is 0 Å². The van der Waals surface area contributed by atoms with Crippen molar-refractivity contribution in [2.75, 3.05) is 10.6 Å². The van der Waals surface area contributed by atoms with Crippen LogP contribution in [0.3, 0.4) is 0 Å². The summed E-state index contributed by atoms with van der Waals surface area (Å²) < 4.78 is 0. The molecule has 0 unspecified atom stereocenters. The molecule has 6 nitrogen and oxygen atoms in total. The van der Waals surface area contributed by atoms with Gasteiger partial charge in [0.05, 0.1) is 22.3 Å². The molecule has 0 aliphatic carbocycles. The fraction of sp³-hybridized carbons (Fsp3) is 0. The van der Waals surface area contributed by atoms with Crippen molar-refractivity contribution in [1.82, 2.24) is 15.0 Å². The Morgan fingerprint density at radius 1 is 1.14 bits per heavy atom. The second-order valence-corrected chi connectivity index (χ2v) is 4.66. The van der Waals surface area contributed by atoms with Gasteiger partial charge in [0, 0.05) is 12.4 Å². The monoisotopic (exact) mass is 277 g/mol. The van der Waals surface area contributed by atoms with E-state index >= 15 is 0 Å². The average molecular weight is 277 g/mol. The van der Waals surface area contributed by atoms with Gasteiger partial charge in [-0.15, -0.1) is 0 Å². The molecule has 0 radical (unpaired) electrons. The maximum absolute atomic E-state index is 11.9. The Morgan fingerprint density at radius 2 is 2.05 bits per heavy atom. The summed E-state index contributed by atoms with van der Waals surface area (Å²) in [5.41, 5.74) is 3.66. The van der Waals surface area contributed by atoms with E-state index in [1.807, 2.05) is 30.3 Å². The summed E-state index contributed by atoms with van der Waals surface area (Å²) in [5, 5.41) is 5.79. The highest BCUT2D eigenvalue weighted by atomic mass is 16.2. The lowest BCUT2D eigenvalue weighted by Crippen LogP contribution is -2.05. The number of rotatable bonds is 2. The fourth-order valence-electron chi connectivity index (χ4n) is 2.31. The van der Waals surface area contributed by atoms with Crippen LogP contribution in [-0.4, -0.2) is 20.9 Å². The van der Waals surface area contributed by atoms with Crippen LogP contribution in [0.5, 0.6) is 0 Å². The molecule has 0 atom stereocenters. The first kappa shape index (κ1) is 11.7. The number of carbonyl (C=O) groups excluding carboxylic acids is 1. The Morgan fingerprint density at radius 3 is 2.95 bits per heavy atom. The standard InChI is InChI=1S/C15H11N5O/c21-14-9(13-12(18-14)6-3-7-16-13)8-17-15-19-10-4-1-2-5-11(10)20-15/h1-8H,(H,18,21)(H2,17,19,20). The lowest BCUT2D eigenvalue weighted by molar-refractivity contribution is -0.110. The van der Waals surface area contributed by atoms with Gasteiger partial charge in [0.15, 0.2) is 0 Å². The summed E-state index contributed by atoms with van der Waals surface area (Å²) in [5.74, 6) is 0.410. The van der Waals surface area contributed by atoms with Crippen molar-refractivity contribution in [3.63, 3.8) is 0 Å². The summed E-state index contributed by atoms with van der Waals surface area (Å²) in [4.78, 5) is 23.7.